The lowest BCUT2D eigenvalue weighted by atomic mass is 10.1. The maximum absolute atomic E-state index is 11.8. The Kier molecular flexibility index (Phi) is 3.39. The Bertz CT molecular complexity index is 759. The highest BCUT2D eigenvalue weighted by molar-refractivity contribution is 5.92. The van der Waals surface area contributed by atoms with Crippen molar-refractivity contribution >= 4 is 17.4 Å². The Balaban J connectivity index is 1.93. The summed E-state index contributed by atoms with van der Waals surface area (Å²) in [6.45, 7) is 3.74. The molecular formula is C16H16N4O. The van der Waals surface area contributed by atoms with E-state index in [4.69, 9.17) is 0 Å². The molecule has 2 heterocycles. The molecule has 0 bridgehead atoms. The zero-order valence-electron chi connectivity index (χ0n) is 11.9. The Labute approximate surface area is 122 Å². The van der Waals surface area contributed by atoms with Crippen LogP contribution in [0, 0.1) is 5.92 Å². The smallest absolute Gasteiger partial charge is 0.234 e. The maximum atomic E-state index is 11.8. The van der Waals surface area contributed by atoms with Gasteiger partial charge in [0.05, 0.1) is 5.69 Å². The number of nitrogens with one attached hydrogen (secondary N) is 1. The van der Waals surface area contributed by atoms with Gasteiger partial charge in [-0.05, 0) is 18.2 Å². The van der Waals surface area contributed by atoms with Crippen LogP contribution in [0.25, 0.3) is 17.0 Å². The highest BCUT2D eigenvalue weighted by Crippen LogP contribution is 2.22. The molecule has 1 aromatic carbocycles. The minimum Gasteiger partial charge on any atom is -0.326 e. The van der Waals surface area contributed by atoms with Gasteiger partial charge in [0.2, 0.25) is 11.7 Å². The van der Waals surface area contributed by atoms with Gasteiger partial charge in [-0.25, -0.2) is 9.97 Å². The zero-order chi connectivity index (χ0) is 14.8. The van der Waals surface area contributed by atoms with E-state index in [2.05, 4.69) is 15.3 Å². The number of carbonyl (C=O) groups excluding carboxylic acids is 1. The van der Waals surface area contributed by atoms with Gasteiger partial charge < -0.3 is 5.32 Å². The van der Waals surface area contributed by atoms with Gasteiger partial charge >= 0.3 is 0 Å². The predicted molar refractivity (Wildman–Crippen MR) is 81.9 cm³/mol. The maximum Gasteiger partial charge on any atom is 0.234 e. The first-order valence-corrected chi connectivity index (χ1v) is 6.84. The summed E-state index contributed by atoms with van der Waals surface area (Å²) in [7, 11) is 0. The number of nitrogens with zero attached hydrogens (tertiary/aromatic N) is 3. The molecule has 3 rings (SSSR count). The van der Waals surface area contributed by atoms with Crippen molar-refractivity contribution in [2.75, 3.05) is 5.32 Å². The highest BCUT2D eigenvalue weighted by Gasteiger charge is 2.09. The molecule has 0 unspecified atom stereocenters. The number of anilines is 1. The molecule has 106 valence electrons. The normalized spacial score (nSPS) is 11.0. The first-order valence-electron chi connectivity index (χ1n) is 6.84. The van der Waals surface area contributed by atoms with E-state index in [0.29, 0.717) is 5.78 Å². The van der Waals surface area contributed by atoms with Crippen LogP contribution in [0.1, 0.15) is 13.8 Å². The third-order valence-corrected chi connectivity index (χ3v) is 3.19. The molecule has 0 saturated carbocycles. The quantitative estimate of drug-likeness (QED) is 0.802. The fourth-order valence-corrected chi connectivity index (χ4v) is 2.01. The average molecular weight is 280 g/mol. The summed E-state index contributed by atoms with van der Waals surface area (Å²) >= 11 is 0. The van der Waals surface area contributed by atoms with E-state index in [-0.39, 0.29) is 11.8 Å². The van der Waals surface area contributed by atoms with Crippen LogP contribution in [-0.2, 0) is 4.79 Å². The third-order valence-electron chi connectivity index (χ3n) is 3.19. The molecule has 2 aromatic heterocycles. The van der Waals surface area contributed by atoms with Crippen molar-refractivity contribution in [3.05, 3.63) is 48.9 Å². The zero-order valence-corrected chi connectivity index (χ0v) is 11.9. The van der Waals surface area contributed by atoms with Crippen LogP contribution in [0.4, 0.5) is 5.69 Å². The van der Waals surface area contributed by atoms with E-state index in [0.717, 1.165) is 16.9 Å². The van der Waals surface area contributed by atoms with Gasteiger partial charge in [0.15, 0.2) is 0 Å². The van der Waals surface area contributed by atoms with Crippen molar-refractivity contribution in [1.29, 1.82) is 0 Å². The number of fused-ring (bicyclic) bond motifs is 1. The second kappa shape index (κ2) is 5.36. The van der Waals surface area contributed by atoms with Crippen LogP contribution in [0.5, 0.6) is 0 Å². The minimum atomic E-state index is -0.0481. The molecule has 0 aliphatic carbocycles. The van der Waals surface area contributed by atoms with Gasteiger partial charge in [-0.15, -0.1) is 0 Å². The molecule has 0 aliphatic heterocycles. The summed E-state index contributed by atoms with van der Waals surface area (Å²) in [5, 5.41) is 2.90. The first-order chi connectivity index (χ1) is 10.1. The van der Waals surface area contributed by atoms with E-state index in [1.165, 1.54) is 0 Å². The second-order valence-electron chi connectivity index (χ2n) is 5.18. The minimum absolute atomic E-state index is 0.00354. The van der Waals surface area contributed by atoms with Gasteiger partial charge in [-0.1, -0.05) is 26.0 Å². The summed E-state index contributed by atoms with van der Waals surface area (Å²) < 4.78 is 1.87. The van der Waals surface area contributed by atoms with E-state index < -0.39 is 0 Å². The largest absolute Gasteiger partial charge is 0.326 e. The van der Waals surface area contributed by atoms with Crippen molar-refractivity contribution in [2.45, 2.75) is 13.8 Å². The van der Waals surface area contributed by atoms with Crippen molar-refractivity contribution in [2.24, 2.45) is 5.92 Å². The number of aromatic nitrogens is 3. The number of carbonyl (C=O) groups is 1. The van der Waals surface area contributed by atoms with Crippen LogP contribution in [0.3, 0.4) is 0 Å². The molecule has 0 radical (unpaired) electrons. The van der Waals surface area contributed by atoms with Crippen molar-refractivity contribution < 1.29 is 4.79 Å². The Hall–Kier alpha value is -2.69. The summed E-state index contributed by atoms with van der Waals surface area (Å²) in [5.41, 5.74) is 2.55. The van der Waals surface area contributed by atoms with Crippen LogP contribution in [0.15, 0.2) is 48.9 Å². The molecule has 21 heavy (non-hydrogen) atoms. The lowest BCUT2D eigenvalue weighted by Gasteiger charge is -2.08. The number of imidazole rings is 1. The fourth-order valence-electron chi connectivity index (χ4n) is 2.01. The topological polar surface area (TPSA) is 59.3 Å². The SMILES string of the molecule is CC(C)C(=O)Nc1cccc(-c2cn3cccnc3n2)c1. The van der Waals surface area contributed by atoms with Crippen LogP contribution in [-0.4, -0.2) is 20.3 Å². The van der Waals surface area contributed by atoms with E-state index >= 15 is 0 Å². The molecule has 0 spiro atoms. The molecule has 0 atom stereocenters. The van der Waals surface area contributed by atoms with Gasteiger partial charge in [-0.2, -0.15) is 0 Å². The average Bonchev–Trinajstić information content (AvgIpc) is 2.91. The molecule has 5 nitrogen and oxygen atoms in total. The standard InChI is InChI=1S/C16H16N4O/c1-11(2)15(21)18-13-6-3-5-12(9-13)14-10-20-8-4-7-17-16(20)19-14/h3-11H,1-2H3,(H,18,21). The summed E-state index contributed by atoms with van der Waals surface area (Å²) in [6.07, 6.45) is 5.54. The first kappa shape index (κ1) is 13.3. The molecule has 0 saturated heterocycles. The van der Waals surface area contributed by atoms with Gasteiger partial charge in [0.1, 0.15) is 0 Å². The molecule has 1 N–H and O–H groups in total. The Morgan fingerprint density at radius 3 is 2.90 bits per heavy atom. The van der Waals surface area contributed by atoms with E-state index in [1.54, 1.807) is 6.20 Å². The Morgan fingerprint density at radius 2 is 2.14 bits per heavy atom. The molecule has 3 aromatic rings. The molecule has 0 fully saturated rings. The van der Waals surface area contributed by atoms with Crippen LogP contribution in [0.2, 0.25) is 0 Å². The lowest BCUT2D eigenvalue weighted by Crippen LogP contribution is -2.17. The van der Waals surface area contributed by atoms with Crippen LogP contribution >= 0.6 is 0 Å². The number of hydrogen-bond acceptors (Lipinski definition) is 3. The molecular weight excluding hydrogens is 264 g/mol. The van der Waals surface area contributed by atoms with Gasteiger partial charge in [-0.3, -0.25) is 9.20 Å². The fraction of sp³-hybridized carbons (Fsp3) is 0.188. The Morgan fingerprint density at radius 1 is 1.29 bits per heavy atom. The summed E-state index contributed by atoms with van der Waals surface area (Å²) in [4.78, 5) is 20.4. The molecule has 5 heteroatoms. The van der Waals surface area contributed by atoms with Gasteiger partial charge in [0, 0.05) is 35.8 Å². The highest BCUT2D eigenvalue weighted by atomic mass is 16.1. The summed E-state index contributed by atoms with van der Waals surface area (Å²) in [5.74, 6) is 0.612. The number of amides is 1. The summed E-state index contributed by atoms with van der Waals surface area (Å²) in [6, 6.07) is 9.52. The molecule has 0 aliphatic rings. The number of benzene rings is 1. The van der Waals surface area contributed by atoms with Gasteiger partial charge in [0.25, 0.3) is 0 Å². The second-order valence-corrected chi connectivity index (χ2v) is 5.18. The monoisotopic (exact) mass is 280 g/mol. The van der Waals surface area contributed by atoms with Crippen molar-refractivity contribution in [3.8, 4) is 11.3 Å². The van der Waals surface area contributed by atoms with E-state index in [1.807, 2.05) is 61.0 Å². The number of rotatable bonds is 3. The number of hydrogen-bond donors (Lipinski definition) is 1. The van der Waals surface area contributed by atoms with Crippen molar-refractivity contribution in [3.63, 3.8) is 0 Å². The van der Waals surface area contributed by atoms with Crippen molar-refractivity contribution in [1.82, 2.24) is 14.4 Å². The lowest BCUT2D eigenvalue weighted by molar-refractivity contribution is -0.118. The van der Waals surface area contributed by atoms with E-state index in [9.17, 15) is 4.79 Å². The van der Waals surface area contributed by atoms with Crippen LogP contribution < -0.4 is 5.32 Å². The predicted octanol–water partition coefficient (Wildman–Crippen LogP) is 2.99. The molecule has 1 amide bonds. The third kappa shape index (κ3) is 2.76.